The van der Waals surface area contributed by atoms with Crippen LogP contribution in [0.1, 0.15) is 30.6 Å². The van der Waals surface area contributed by atoms with Gasteiger partial charge in [0.05, 0.1) is 25.9 Å². The molecule has 21 heavy (non-hydrogen) atoms. The Bertz CT molecular complexity index is 450. The zero-order valence-corrected chi connectivity index (χ0v) is 11.5. The van der Waals surface area contributed by atoms with Gasteiger partial charge in [-0.1, -0.05) is 14.0 Å². The van der Waals surface area contributed by atoms with E-state index in [9.17, 15) is 9.59 Å². The smallest absolute Gasteiger partial charge is 0.337 e. The van der Waals surface area contributed by atoms with Gasteiger partial charge in [0.25, 0.3) is 0 Å². The van der Waals surface area contributed by atoms with E-state index in [1.165, 1.54) is 7.11 Å². The molecule has 116 valence electrons. The molecule has 0 fully saturated rings. The van der Waals surface area contributed by atoms with Crippen LogP contribution in [0.3, 0.4) is 0 Å². The van der Waals surface area contributed by atoms with Crippen LogP contribution >= 0.6 is 0 Å². The van der Waals surface area contributed by atoms with Gasteiger partial charge in [0.15, 0.2) is 0 Å². The van der Waals surface area contributed by atoms with Crippen LogP contribution in [0.5, 0.6) is 5.75 Å². The second kappa shape index (κ2) is 10.5. The molecule has 5 nitrogen and oxygen atoms in total. The molecule has 0 unspecified atom stereocenters. The summed E-state index contributed by atoms with van der Waals surface area (Å²) in [6.07, 6.45) is 2.63. The third-order valence-corrected chi connectivity index (χ3v) is 2.49. The van der Waals surface area contributed by atoms with Crippen molar-refractivity contribution in [2.75, 3.05) is 20.3 Å². The Morgan fingerprint density at radius 1 is 1.14 bits per heavy atom. The molecule has 5 heteroatoms. The van der Waals surface area contributed by atoms with Crippen LogP contribution in [0.25, 0.3) is 0 Å². The minimum atomic E-state index is -0.413. The molecule has 0 aliphatic carbocycles. The van der Waals surface area contributed by atoms with Crippen LogP contribution in [0, 0.1) is 0 Å². The average Bonchev–Trinajstić information content (AvgIpc) is 2.50. The van der Waals surface area contributed by atoms with Gasteiger partial charge in [0, 0.05) is 6.08 Å². The first kappa shape index (κ1) is 18.7. The van der Waals surface area contributed by atoms with E-state index in [1.54, 1.807) is 24.3 Å². The van der Waals surface area contributed by atoms with Gasteiger partial charge < -0.3 is 14.2 Å². The lowest BCUT2D eigenvalue weighted by Gasteiger charge is -2.07. The van der Waals surface area contributed by atoms with Gasteiger partial charge in [-0.05, 0) is 37.1 Å². The molecule has 0 saturated heterocycles. The first-order valence-electron chi connectivity index (χ1n) is 6.27. The van der Waals surface area contributed by atoms with Crippen molar-refractivity contribution in [1.82, 2.24) is 0 Å². The molecule has 0 saturated carbocycles. The normalized spacial score (nSPS) is 9.19. The fraction of sp³-hybridized carbons (Fsp3) is 0.375. The Kier molecular flexibility index (Phi) is 9.33. The molecule has 0 spiro atoms. The van der Waals surface area contributed by atoms with E-state index >= 15 is 0 Å². The quantitative estimate of drug-likeness (QED) is 0.419. The lowest BCUT2D eigenvalue weighted by atomic mass is 10.2. The SMILES string of the molecule is C.C=CC(=O)OCCCCOc1ccc(C(=O)OC)cc1. The summed E-state index contributed by atoms with van der Waals surface area (Å²) in [4.78, 5) is 22.0. The predicted molar refractivity (Wildman–Crippen MR) is 80.4 cm³/mol. The monoisotopic (exact) mass is 294 g/mol. The van der Waals surface area contributed by atoms with Crippen molar-refractivity contribution in [3.63, 3.8) is 0 Å². The van der Waals surface area contributed by atoms with Gasteiger partial charge in [-0.25, -0.2) is 9.59 Å². The topological polar surface area (TPSA) is 61.8 Å². The highest BCUT2D eigenvalue weighted by Gasteiger charge is 2.04. The maximum atomic E-state index is 11.2. The molecule has 0 radical (unpaired) electrons. The maximum Gasteiger partial charge on any atom is 0.337 e. The maximum absolute atomic E-state index is 11.2. The number of benzene rings is 1. The summed E-state index contributed by atoms with van der Waals surface area (Å²) in [7, 11) is 1.34. The standard InChI is InChI=1S/C15H18O5.CH4/c1-3-14(16)20-11-5-4-10-19-13-8-6-12(7-9-13)15(17)18-2;/h3,6-9H,1,4-5,10-11H2,2H3;1H4. The summed E-state index contributed by atoms with van der Waals surface area (Å²) >= 11 is 0. The molecule has 1 aromatic rings. The zero-order valence-electron chi connectivity index (χ0n) is 11.5. The second-order valence-electron chi connectivity index (χ2n) is 3.94. The van der Waals surface area contributed by atoms with E-state index < -0.39 is 5.97 Å². The molecular weight excluding hydrogens is 272 g/mol. The van der Waals surface area contributed by atoms with E-state index in [1.807, 2.05) is 0 Å². The highest BCUT2D eigenvalue weighted by atomic mass is 16.5. The minimum Gasteiger partial charge on any atom is -0.494 e. The van der Waals surface area contributed by atoms with Crippen molar-refractivity contribution in [2.45, 2.75) is 20.3 Å². The molecule has 0 aromatic heterocycles. The van der Waals surface area contributed by atoms with Crippen LogP contribution in [0.15, 0.2) is 36.9 Å². The summed E-state index contributed by atoms with van der Waals surface area (Å²) in [5.74, 6) is -0.106. The van der Waals surface area contributed by atoms with E-state index in [0.717, 1.165) is 18.9 Å². The Labute approximate surface area is 125 Å². The molecule has 0 amide bonds. The molecule has 1 rings (SSSR count). The highest BCUT2D eigenvalue weighted by molar-refractivity contribution is 5.89. The van der Waals surface area contributed by atoms with Crippen molar-refractivity contribution in [2.24, 2.45) is 0 Å². The molecule has 0 bridgehead atoms. The number of ether oxygens (including phenoxy) is 3. The summed E-state index contributed by atoms with van der Waals surface area (Å²) in [6.45, 7) is 4.18. The number of methoxy groups -OCH3 is 1. The van der Waals surface area contributed by atoms with Crippen LogP contribution in [-0.4, -0.2) is 32.3 Å². The summed E-state index contributed by atoms with van der Waals surface area (Å²) in [5, 5.41) is 0. The Morgan fingerprint density at radius 3 is 2.33 bits per heavy atom. The van der Waals surface area contributed by atoms with Gasteiger partial charge in [-0.15, -0.1) is 0 Å². The van der Waals surface area contributed by atoms with Crippen molar-refractivity contribution < 1.29 is 23.8 Å². The van der Waals surface area contributed by atoms with Crippen LogP contribution in [0.4, 0.5) is 0 Å². The molecule has 1 aromatic carbocycles. The van der Waals surface area contributed by atoms with Gasteiger partial charge in [0.2, 0.25) is 0 Å². The first-order chi connectivity index (χ1) is 9.67. The number of esters is 2. The zero-order chi connectivity index (χ0) is 14.8. The number of carbonyl (C=O) groups is 2. The highest BCUT2D eigenvalue weighted by Crippen LogP contribution is 2.13. The lowest BCUT2D eigenvalue weighted by Crippen LogP contribution is -2.05. The van der Waals surface area contributed by atoms with E-state index in [2.05, 4.69) is 11.3 Å². The van der Waals surface area contributed by atoms with Gasteiger partial charge >= 0.3 is 11.9 Å². The van der Waals surface area contributed by atoms with Gasteiger partial charge in [0.1, 0.15) is 5.75 Å². The number of rotatable bonds is 8. The molecule has 0 N–H and O–H groups in total. The largest absolute Gasteiger partial charge is 0.494 e. The third kappa shape index (κ3) is 7.15. The number of hydrogen-bond acceptors (Lipinski definition) is 5. The minimum absolute atomic E-state index is 0. The Morgan fingerprint density at radius 2 is 1.76 bits per heavy atom. The molecule has 0 atom stereocenters. The third-order valence-electron chi connectivity index (χ3n) is 2.49. The fourth-order valence-electron chi connectivity index (χ4n) is 1.43. The number of carbonyl (C=O) groups excluding carboxylic acids is 2. The summed E-state index contributed by atoms with van der Waals surface area (Å²) in [6, 6.07) is 6.72. The van der Waals surface area contributed by atoms with Gasteiger partial charge in [-0.2, -0.15) is 0 Å². The number of hydrogen-bond donors (Lipinski definition) is 0. The van der Waals surface area contributed by atoms with E-state index in [4.69, 9.17) is 9.47 Å². The van der Waals surface area contributed by atoms with Crippen molar-refractivity contribution in [3.05, 3.63) is 42.5 Å². The second-order valence-corrected chi connectivity index (χ2v) is 3.94. The Balaban J connectivity index is 0.00000400. The molecule has 0 heterocycles. The average molecular weight is 294 g/mol. The molecular formula is C16H22O5. The van der Waals surface area contributed by atoms with Gasteiger partial charge in [-0.3, -0.25) is 0 Å². The van der Waals surface area contributed by atoms with E-state index in [-0.39, 0.29) is 13.4 Å². The summed E-state index contributed by atoms with van der Waals surface area (Å²) < 4.78 is 14.9. The lowest BCUT2D eigenvalue weighted by molar-refractivity contribution is -0.137. The van der Waals surface area contributed by atoms with Crippen LogP contribution in [-0.2, 0) is 14.3 Å². The van der Waals surface area contributed by atoms with Crippen molar-refractivity contribution in [1.29, 1.82) is 0 Å². The van der Waals surface area contributed by atoms with Crippen molar-refractivity contribution in [3.8, 4) is 5.75 Å². The fourth-order valence-corrected chi connectivity index (χ4v) is 1.43. The molecule has 0 aliphatic rings. The van der Waals surface area contributed by atoms with Crippen molar-refractivity contribution >= 4 is 11.9 Å². The number of unbranched alkanes of at least 4 members (excludes halogenated alkanes) is 1. The van der Waals surface area contributed by atoms with E-state index in [0.29, 0.717) is 24.5 Å². The molecule has 0 aliphatic heterocycles. The van der Waals surface area contributed by atoms with Crippen LogP contribution < -0.4 is 4.74 Å². The van der Waals surface area contributed by atoms with Crippen LogP contribution in [0.2, 0.25) is 0 Å². The Hall–Kier alpha value is -2.30. The first-order valence-corrected chi connectivity index (χ1v) is 6.27. The summed E-state index contributed by atoms with van der Waals surface area (Å²) in [5.41, 5.74) is 0.483. The predicted octanol–water partition coefficient (Wildman–Crippen LogP) is 3.00.